The fourth-order valence-electron chi connectivity index (χ4n) is 1.91. The summed E-state index contributed by atoms with van der Waals surface area (Å²) in [6, 6.07) is 10.8. The maximum atomic E-state index is 12.4. The molecule has 1 N–H and O–H groups in total. The van der Waals surface area contributed by atoms with Crippen LogP contribution in [0.5, 0.6) is 11.5 Å². The first-order valence-corrected chi connectivity index (χ1v) is 7.14. The van der Waals surface area contributed by atoms with Gasteiger partial charge in [0.1, 0.15) is 11.5 Å². The highest BCUT2D eigenvalue weighted by atomic mass is 79.9. The predicted molar refractivity (Wildman–Crippen MR) is 86.4 cm³/mol. The molecule has 0 heterocycles. The van der Waals surface area contributed by atoms with E-state index in [4.69, 9.17) is 9.47 Å². The van der Waals surface area contributed by atoms with Crippen molar-refractivity contribution < 1.29 is 14.3 Å². The first-order valence-electron chi connectivity index (χ1n) is 6.34. The van der Waals surface area contributed by atoms with Gasteiger partial charge in [0.25, 0.3) is 5.91 Å². The Morgan fingerprint density at radius 2 is 1.86 bits per heavy atom. The first-order chi connectivity index (χ1) is 10.0. The molecule has 0 aromatic heterocycles. The summed E-state index contributed by atoms with van der Waals surface area (Å²) >= 11 is 3.41. The third kappa shape index (κ3) is 3.55. The number of aryl methyl sites for hydroxylation is 1. The van der Waals surface area contributed by atoms with Crippen molar-refractivity contribution in [2.24, 2.45) is 0 Å². The minimum absolute atomic E-state index is 0.214. The number of anilines is 1. The summed E-state index contributed by atoms with van der Waals surface area (Å²) in [5, 5.41) is 2.84. The van der Waals surface area contributed by atoms with Gasteiger partial charge in [0, 0.05) is 10.5 Å². The second kappa shape index (κ2) is 6.63. The highest BCUT2D eigenvalue weighted by Gasteiger charge is 2.13. The minimum atomic E-state index is -0.214. The van der Waals surface area contributed by atoms with Crippen molar-refractivity contribution in [3.8, 4) is 11.5 Å². The summed E-state index contributed by atoms with van der Waals surface area (Å²) < 4.78 is 11.2. The normalized spacial score (nSPS) is 10.1. The minimum Gasteiger partial charge on any atom is -0.497 e. The summed E-state index contributed by atoms with van der Waals surface area (Å²) in [7, 11) is 3.13. The van der Waals surface area contributed by atoms with E-state index in [0.29, 0.717) is 22.7 Å². The number of amides is 1. The van der Waals surface area contributed by atoms with Crippen molar-refractivity contribution in [2.75, 3.05) is 19.5 Å². The Bertz CT molecular complexity index is 671. The summed E-state index contributed by atoms with van der Waals surface area (Å²) in [6.07, 6.45) is 0. The predicted octanol–water partition coefficient (Wildman–Crippen LogP) is 4.03. The van der Waals surface area contributed by atoms with Gasteiger partial charge < -0.3 is 14.8 Å². The molecule has 0 bridgehead atoms. The molecule has 21 heavy (non-hydrogen) atoms. The molecule has 0 atom stereocenters. The maximum absolute atomic E-state index is 12.4. The lowest BCUT2D eigenvalue weighted by atomic mass is 10.1. The van der Waals surface area contributed by atoms with Crippen molar-refractivity contribution in [1.82, 2.24) is 0 Å². The lowest BCUT2D eigenvalue weighted by Gasteiger charge is -2.12. The summed E-state index contributed by atoms with van der Waals surface area (Å²) in [4.78, 5) is 12.4. The van der Waals surface area contributed by atoms with Crippen LogP contribution in [0.25, 0.3) is 0 Å². The Labute approximate surface area is 132 Å². The van der Waals surface area contributed by atoms with Crippen LogP contribution in [-0.2, 0) is 0 Å². The van der Waals surface area contributed by atoms with Gasteiger partial charge in [-0.25, -0.2) is 0 Å². The SMILES string of the molecule is COc1ccc(OC)c(NC(=O)c2ccc(C)cc2Br)c1. The maximum Gasteiger partial charge on any atom is 0.256 e. The summed E-state index contributed by atoms with van der Waals surface area (Å²) in [5.74, 6) is 1.01. The summed E-state index contributed by atoms with van der Waals surface area (Å²) in [5.41, 5.74) is 2.21. The van der Waals surface area contributed by atoms with E-state index in [0.717, 1.165) is 10.0 Å². The zero-order valence-electron chi connectivity index (χ0n) is 12.1. The standard InChI is InChI=1S/C16H16BrNO3/c1-10-4-6-12(13(17)8-10)16(19)18-14-9-11(20-2)5-7-15(14)21-3/h4-9H,1-3H3,(H,18,19). The average molecular weight is 350 g/mol. The summed E-state index contributed by atoms with van der Waals surface area (Å²) in [6.45, 7) is 1.97. The highest BCUT2D eigenvalue weighted by Crippen LogP contribution is 2.30. The number of hydrogen-bond donors (Lipinski definition) is 1. The Kier molecular flexibility index (Phi) is 4.85. The van der Waals surface area contributed by atoms with Crippen molar-refractivity contribution in [3.05, 3.63) is 52.0 Å². The lowest BCUT2D eigenvalue weighted by molar-refractivity contribution is 0.102. The van der Waals surface area contributed by atoms with Gasteiger partial charge >= 0.3 is 0 Å². The van der Waals surface area contributed by atoms with Crippen LogP contribution in [0.1, 0.15) is 15.9 Å². The van der Waals surface area contributed by atoms with Gasteiger partial charge in [0.15, 0.2) is 0 Å². The molecule has 0 aliphatic rings. The van der Waals surface area contributed by atoms with Gasteiger partial charge in [-0.3, -0.25) is 4.79 Å². The van der Waals surface area contributed by atoms with E-state index in [-0.39, 0.29) is 5.91 Å². The molecule has 5 heteroatoms. The van der Waals surface area contributed by atoms with E-state index in [1.54, 1.807) is 38.5 Å². The van der Waals surface area contributed by atoms with Crippen molar-refractivity contribution in [1.29, 1.82) is 0 Å². The lowest BCUT2D eigenvalue weighted by Crippen LogP contribution is -2.13. The third-order valence-corrected chi connectivity index (χ3v) is 3.68. The molecule has 0 saturated heterocycles. The molecule has 0 radical (unpaired) electrons. The Hall–Kier alpha value is -2.01. The quantitative estimate of drug-likeness (QED) is 0.906. The smallest absolute Gasteiger partial charge is 0.256 e. The number of carbonyl (C=O) groups excluding carboxylic acids is 1. The van der Waals surface area contributed by atoms with E-state index in [2.05, 4.69) is 21.2 Å². The van der Waals surface area contributed by atoms with Crippen molar-refractivity contribution >= 4 is 27.5 Å². The van der Waals surface area contributed by atoms with Crippen LogP contribution in [0.4, 0.5) is 5.69 Å². The van der Waals surface area contributed by atoms with Gasteiger partial charge in [-0.05, 0) is 52.7 Å². The second-order valence-corrected chi connectivity index (χ2v) is 5.36. The van der Waals surface area contributed by atoms with E-state index in [9.17, 15) is 4.79 Å². The van der Waals surface area contributed by atoms with E-state index >= 15 is 0 Å². The molecule has 4 nitrogen and oxygen atoms in total. The van der Waals surface area contributed by atoms with Gasteiger partial charge in [-0.15, -0.1) is 0 Å². The number of nitrogens with one attached hydrogen (secondary N) is 1. The fourth-order valence-corrected chi connectivity index (χ4v) is 2.58. The van der Waals surface area contributed by atoms with E-state index in [1.807, 2.05) is 19.1 Å². The van der Waals surface area contributed by atoms with Crippen molar-refractivity contribution in [2.45, 2.75) is 6.92 Å². The number of methoxy groups -OCH3 is 2. The number of benzene rings is 2. The topological polar surface area (TPSA) is 47.6 Å². The number of halogens is 1. The molecule has 0 aliphatic heterocycles. The monoisotopic (exact) mass is 349 g/mol. The van der Waals surface area contributed by atoms with Gasteiger partial charge in [-0.1, -0.05) is 6.07 Å². The number of ether oxygens (including phenoxy) is 2. The van der Waals surface area contributed by atoms with Crippen LogP contribution in [0.3, 0.4) is 0 Å². The molecule has 0 spiro atoms. The van der Waals surface area contributed by atoms with Crippen LogP contribution in [0.15, 0.2) is 40.9 Å². The van der Waals surface area contributed by atoms with Crippen LogP contribution in [0, 0.1) is 6.92 Å². The molecular formula is C16H16BrNO3. The van der Waals surface area contributed by atoms with Gasteiger partial charge in [-0.2, -0.15) is 0 Å². The van der Waals surface area contributed by atoms with Crippen LogP contribution in [0.2, 0.25) is 0 Å². The van der Waals surface area contributed by atoms with Gasteiger partial charge in [0.05, 0.1) is 25.5 Å². The second-order valence-electron chi connectivity index (χ2n) is 4.50. The van der Waals surface area contributed by atoms with Gasteiger partial charge in [0.2, 0.25) is 0 Å². The largest absolute Gasteiger partial charge is 0.497 e. The molecule has 2 aromatic rings. The zero-order chi connectivity index (χ0) is 15.4. The molecule has 0 fully saturated rings. The fraction of sp³-hybridized carbons (Fsp3) is 0.188. The molecular weight excluding hydrogens is 334 g/mol. The third-order valence-electron chi connectivity index (χ3n) is 3.02. The number of hydrogen-bond acceptors (Lipinski definition) is 3. The van der Waals surface area contributed by atoms with E-state index < -0.39 is 0 Å². The molecule has 110 valence electrons. The zero-order valence-corrected chi connectivity index (χ0v) is 13.7. The molecule has 2 aromatic carbocycles. The Morgan fingerprint density at radius 3 is 2.48 bits per heavy atom. The molecule has 2 rings (SSSR count). The molecule has 1 amide bonds. The van der Waals surface area contributed by atoms with Crippen LogP contribution >= 0.6 is 15.9 Å². The molecule has 0 unspecified atom stereocenters. The highest BCUT2D eigenvalue weighted by molar-refractivity contribution is 9.10. The molecule has 0 aliphatic carbocycles. The first kappa shape index (κ1) is 15.4. The Balaban J connectivity index is 2.30. The van der Waals surface area contributed by atoms with E-state index in [1.165, 1.54) is 0 Å². The molecule has 0 saturated carbocycles. The number of carbonyl (C=O) groups is 1. The Morgan fingerprint density at radius 1 is 1.10 bits per heavy atom. The van der Waals surface area contributed by atoms with Crippen molar-refractivity contribution in [3.63, 3.8) is 0 Å². The number of rotatable bonds is 4. The average Bonchev–Trinajstić information content (AvgIpc) is 2.46. The van der Waals surface area contributed by atoms with Crippen LogP contribution < -0.4 is 14.8 Å². The van der Waals surface area contributed by atoms with Crippen LogP contribution in [-0.4, -0.2) is 20.1 Å².